The first-order chi connectivity index (χ1) is 14.8. The van der Waals surface area contributed by atoms with Gasteiger partial charge < -0.3 is 9.64 Å². The van der Waals surface area contributed by atoms with Crippen LogP contribution in [0.1, 0.15) is 12.0 Å². The Morgan fingerprint density at radius 2 is 1.94 bits per heavy atom. The van der Waals surface area contributed by atoms with E-state index in [9.17, 15) is 14.0 Å². The fourth-order valence-corrected chi connectivity index (χ4v) is 3.29. The van der Waals surface area contributed by atoms with E-state index in [4.69, 9.17) is 27.9 Å². The van der Waals surface area contributed by atoms with Gasteiger partial charge in [0.2, 0.25) is 5.91 Å². The largest absolute Gasteiger partial charge is 0.447 e. The smallest absolute Gasteiger partial charge is 0.412 e. The minimum Gasteiger partial charge on any atom is -0.447 e. The molecule has 0 saturated heterocycles. The second-order valence-electron chi connectivity index (χ2n) is 6.87. The number of ether oxygens (including phenoxy) is 1. The molecule has 0 radical (unpaired) electrons. The van der Waals surface area contributed by atoms with Gasteiger partial charge in [0.15, 0.2) is 0 Å². The predicted octanol–water partition coefficient (Wildman–Crippen LogP) is 5.32. The summed E-state index contributed by atoms with van der Waals surface area (Å²) < 4.78 is 18.5. The topological polar surface area (TPSA) is 71.5 Å². The van der Waals surface area contributed by atoms with Gasteiger partial charge in [-0.15, -0.1) is 0 Å². The molecule has 3 rings (SSSR count). The second kappa shape index (κ2) is 10.4. The van der Waals surface area contributed by atoms with Gasteiger partial charge in [0, 0.05) is 35.1 Å². The molecule has 0 spiro atoms. The molecule has 2 amide bonds. The zero-order valence-corrected chi connectivity index (χ0v) is 18.2. The summed E-state index contributed by atoms with van der Waals surface area (Å²) >= 11 is 12.1. The molecule has 0 aliphatic rings. The summed E-state index contributed by atoms with van der Waals surface area (Å²) in [5.41, 5.74) is 0.800. The summed E-state index contributed by atoms with van der Waals surface area (Å²) in [5.74, 6) is -0.248. The maximum absolute atomic E-state index is 13.3. The van der Waals surface area contributed by atoms with Gasteiger partial charge in [-0.2, -0.15) is 0 Å². The maximum Gasteiger partial charge on any atom is 0.412 e. The number of benzene rings is 2. The molecule has 1 heterocycles. The van der Waals surface area contributed by atoms with E-state index in [1.165, 1.54) is 23.2 Å². The Morgan fingerprint density at radius 3 is 2.74 bits per heavy atom. The van der Waals surface area contributed by atoms with E-state index in [1.807, 2.05) is 0 Å². The number of hydrogen-bond donors (Lipinski definition) is 1. The molecule has 0 saturated carbocycles. The monoisotopic (exact) mass is 463 g/mol. The van der Waals surface area contributed by atoms with Crippen LogP contribution in [0, 0.1) is 5.82 Å². The van der Waals surface area contributed by atoms with Crippen LogP contribution >= 0.6 is 23.2 Å². The highest BCUT2D eigenvalue weighted by atomic mass is 35.5. The molecule has 9 heteroatoms. The number of carbonyl (C=O) groups is 2. The summed E-state index contributed by atoms with van der Waals surface area (Å²) in [5, 5.41) is 4.97. The summed E-state index contributed by atoms with van der Waals surface area (Å²) in [4.78, 5) is 29.8. The lowest BCUT2D eigenvalue weighted by Crippen LogP contribution is -2.31. The molecule has 6 nitrogen and oxygen atoms in total. The lowest BCUT2D eigenvalue weighted by molar-refractivity contribution is -0.130. The number of carbonyl (C=O) groups excluding carboxylic acids is 2. The van der Waals surface area contributed by atoms with Gasteiger partial charge in [0.05, 0.1) is 6.54 Å². The Morgan fingerprint density at radius 1 is 1.13 bits per heavy atom. The number of fused-ring (bicyclic) bond motifs is 1. The average molecular weight is 464 g/mol. The lowest BCUT2D eigenvalue weighted by Gasteiger charge is -2.17. The Labute approximate surface area is 188 Å². The number of likely N-dealkylation sites (N-methyl/N-ethyl adjacent to an activating group) is 1. The number of anilines is 1. The van der Waals surface area contributed by atoms with Gasteiger partial charge in [-0.25, -0.2) is 14.2 Å². The zero-order valence-electron chi connectivity index (χ0n) is 16.7. The van der Waals surface area contributed by atoms with Crippen LogP contribution in [0.2, 0.25) is 10.0 Å². The summed E-state index contributed by atoms with van der Waals surface area (Å²) in [6.45, 7) is 0.236. The standard InChI is InChI=1S/C22H20Cl2FN3O3/c1-28(21(29)7-3-14-10-17(23)4-6-19(14)24)8-9-31-22(30)27-20-12-16-11-18(25)5-2-15(16)13-26-20/h2,4-6,10-13H,3,7-9H2,1H3,(H,26,27,30). The third-order valence-electron chi connectivity index (χ3n) is 4.62. The van der Waals surface area contributed by atoms with E-state index >= 15 is 0 Å². The molecule has 0 fully saturated rings. The van der Waals surface area contributed by atoms with Crippen LogP contribution < -0.4 is 5.32 Å². The minimum atomic E-state index is -0.713. The molecular formula is C22H20Cl2FN3O3. The molecule has 31 heavy (non-hydrogen) atoms. The molecule has 0 atom stereocenters. The summed E-state index contributed by atoms with van der Waals surface area (Å²) in [6.07, 6.45) is 1.52. The highest BCUT2D eigenvalue weighted by Crippen LogP contribution is 2.22. The molecule has 0 unspecified atom stereocenters. The van der Waals surface area contributed by atoms with Gasteiger partial charge in [0.1, 0.15) is 18.2 Å². The fraction of sp³-hybridized carbons (Fsp3) is 0.227. The van der Waals surface area contributed by atoms with E-state index in [1.54, 1.807) is 37.4 Å². The Bertz CT molecular complexity index is 1110. The molecule has 2 aromatic carbocycles. The number of amides is 2. The van der Waals surface area contributed by atoms with Crippen LogP contribution in [-0.4, -0.2) is 42.1 Å². The molecule has 1 N–H and O–H groups in total. The Kier molecular flexibility index (Phi) is 7.65. The number of pyridine rings is 1. The highest BCUT2D eigenvalue weighted by Gasteiger charge is 2.12. The first-order valence-corrected chi connectivity index (χ1v) is 10.2. The van der Waals surface area contributed by atoms with Crippen molar-refractivity contribution in [2.75, 3.05) is 25.5 Å². The normalized spacial score (nSPS) is 10.7. The number of aromatic nitrogens is 1. The van der Waals surface area contributed by atoms with E-state index in [0.717, 1.165) is 10.9 Å². The van der Waals surface area contributed by atoms with Gasteiger partial charge in [0.25, 0.3) is 0 Å². The summed E-state index contributed by atoms with van der Waals surface area (Å²) in [7, 11) is 1.63. The van der Waals surface area contributed by atoms with Crippen LogP contribution in [0.5, 0.6) is 0 Å². The van der Waals surface area contributed by atoms with E-state index in [-0.39, 0.29) is 37.1 Å². The molecule has 0 bridgehead atoms. The molecule has 162 valence electrons. The van der Waals surface area contributed by atoms with E-state index < -0.39 is 6.09 Å². The molecular weight excluding hydrogens is 444 g/mol. The quantitative estimate of drug-likeness (QED) is 0.514. The van der Waals surface area contributed by atoms with Crippen molar-refractivity contribution in [3.8, 4) is 0 Å². The van der Waals surface area contributed by atoms with Crippen molar-refractivity contribution in [3.63, 3.8) is 0 Å². The maximum atomic E-state index is 13.3. The van der Waals surface area contributed by atoms with Crippen molar-refractivity contribution in [2.45, 2.75) is 12.8 Å². The first-order valence-electron chi connectivity index (χ1n) is 9.49. The predicted molar refractivity (Wildman–Crippen MR) is 119 cm³/mol. The van der Waals surface area contributed by atoms with Crippen LogP contribution in [0.3, 0.4) is 0 Å². The molecule has 0 aliphatic carbocycles. The van der Waals surface area contributed by atoms with Crippen LogP contribution in [0.4, 0.5) is 15.0 Å². The lowest BCUT2D eigenvalue weighted by atomic mass is 10.1. The number of halogens is 3. The first kappa shape index (κ1) is 22.8. The van der Waals surface area contributed by atoms with E-state index in [2.05, 4.69) is 10.3 Å². The molecule has 3 aromatic rings. The Balaban J connectivity index is 1.43. The SMILES string of the molecule is CN(CCOC(=O)Nc1cc2cc(F)ccc2cn1)C(=O)CCc1cc(Cl)ccc1Cl. The van der Waals surface area contributed by atoms with Crippen molar-refractivity contribution in [1.29, 1.82) is 0 Å². The van der Waals surface area contributed by atoms with Crippen molar-refractivity contribution in [2.24, 2.45) is 0 Å². The number of hydrogen-bond acceptors (Lipinski definition) is 4. The molecule has 0 aliphatic heterocycles. The summed E-state index contributed by atoms with van der Waals surface area (Å²) in [6, 6.07) is 11.0. The van der Waals surface area contributed by atoms with Gasteiger partial charge in [-0.05, 0) is 59.8 Å². The molecule has 1 aromatic heterocycles. The third kappa shape index (κ3) is 6.54. The van der Waals surface area contributed by atoms with Crippen molar-refractivity contribution in [1.82, 2.24) is 9.88 Å². The number of nitrogens with zero attached hydrogens (tertiary/aromatic N) is 2. The minimum absolute atomic E-state index is 0.00814. The third-order valence-corrected chi connectivity index (χ3v) is 5.22. The second-order valence-corrected chi connectivity index (χ2v) is 7.72. The van der Waals surface area contributed by atoms with Crippen molar-refractivity contribution in [3.05, 3.63) is 70.1 Å². The average Bonchev–Trinajstić information content (AvgIpc) is 2.73. The zero-order chi connectivity index (χ0) is 22.4. The number of nitrogens with one attached hydrogen (secondary N) is 1. The van der Waals surface area contributed by atoms with Crippen molar-refractivity contribution < 1.29 is 18.7 Å². The van der Waals surface area contributed by atoms with Crippen LogP contribution in [0.25, 0.3) is 10.8 Å². The Hall–Kier alpha value is -2.90. The van der Waals surface area contributed by atoms with Crippen LogP contribution in [-0.2, 0) is 16.0 Å². The van der Waals surface area contributed by atoms with E-state index in [0.29, 0.717) is 21.9 Å². The van der Waals surface area contributed by atoms with Crippen molar-refractivity contribution >= 4 is 51.8 Å². The van der Waals surface area contributed by atoms with Crippen LogP contribution in [0.15, 0.2) is 48.7 Å². The fourth-order valence-electron chi connectivity index (χ4n) is 2.89. The number of rotatable bonds is 7. The highest BCUT2D eigenvalue weighted by molar-refractivity contribution is 6.33. The van der Waals surface area contributed by atoms with Gasteiger partial charge in [-0.3, -0.25) is 10.1 Å². The van der Waals surface area contributed by atoms with Gasteiger partial charge in [-0.1, -0.05) is 23.2 Å². The number of aryl methyl sites for hydroxylation is 1. The van der Waals surface area contributed by atoms with Gasteiger partial charge >= 0.3 is 6.09 Å².